The minimum absolute atomic E-state index is 0.327. The summed E-state index contributed by atoms with van der Waals surface area (Å²) in [7, 11) is -3.84. The molecular formula is C20H27N3O3S. The van der Waals surface area contributed by atoms with Crippen LogP contribution in [0.3, 0.4) is 0 Å². The van der Waals surface area contributed by atoms with Crippen LogP contribution in [0.1, 0.15) is 54.9 Å². The highest BCUT2D eigenvalue weighted by Gasteiger charge is 2.27. The van der Waals surface area contributed by atoms with Crippen molar-refractivity contribution in [2.45, 2.75) is 63.8 Å². The van der Waals surface area contributed by atoms with Crippen molar-refractivity contribution in [1.82, 2.24) is 10.0 Å². The van der Waals surface area contributed by atoms with Gasteiger partial charge in [0.05, 0.1) is 0 Å². The number of sulfonamides is 1. The van der Waals surface area contributed by atoms with Gasteiger partial charge >= 0.3 is 6.03 Å². The summed E-state index contributed by atoms with van der Waals surface area (Å²) in [5, 5.41) is 7.24. The second kappa shape index (κ2) is 6.95. The largest absolute Gasteiger partial charge is 0.333 e. The predicted octanol–water partition coefficient (Wildman–Crippen LogP) is 2.77. The first kappa shape index (κ1) is 18.5. The van der Waals surface area contributed by atoms with Gasteiger partial charge in [-0.1, -0.05) is 12.1 Å². The first-order valence-electron chi connectivity index (χ1n) is 9.80. The number of nitrogens with one attached hydrogen (secondary N) is 3. The first-order valence-corrected chi connectivity index (χ1v) is 11.3. The Morgan fingerprint density at radius 1 is 1.11 bits per heavy atom. The number of anilines is 1. The number of hydrogen-bond acceptors (Lipinski definition) is 4. The summed E-state index contributed by atoms with van der Waals surface area (Å²) in [5.74, 6) is 0. The Labute approximate surface area is 160 Å². The summed E-state index contributed by atoms with van der Waals surface area (Å²) in [6.07, 6.45) is 9.64. The normalized spacial score (nSPS) is 24.2. The molecule has 1 aliphatic heterocycles. The molecule has 4 rings (SSSR count). The molecule has 7 heteroatoms. The highest BCUT2D eigenvalue weighted by molar-refractivity contribution is 7.92. The van der Waals surface area contributed by atoms with Gasteiger partial charge < -0.3 is 10.6 Å². The lowest BCUT2D eigenvalue weighted by atomic mass is 9.99. The van der Waals surface area contributed by atoms with Crippen molar-refractivity contribution < 1.29 is 13.2 Å². The van der Waals surface area contributed by atoms with Crippen molar-refractivity contribution in [1.29, 1.82) is 0 Å². The Morgan fingerprint density at radius 2 is 1.78 bits per heavy atom. The fourth-order valence-electron chi connectivity index (χ4n) is 4.57. The maximum absolute atomic E-state index is 12.5. The molecule has 1 fully saturated rings. The molecule has 1 aromatic rings. The van der Waals surface area contributed by atoms with Gasteiger partial charge in [0.1, 0.15) is 0 Å². The van der Waals surface area contributed by atoms with E-state index in [1.807, 2.05) is 6.92 Å². The van der Waals surface area contributed by atoms with Gasteiger partial charge in [-0.25, -0.2) is 17.9 Å². The third-order valence-electron chi connectivity index (χ3n) is 5.96. The number of benzene rings is 1. The number of fused-ring (bicyclic) bond motifs is 2. The molecule has 1 heterocycles. The molecule has 0 radical (unpaired) electrons. The smallest absolute Gasteiger partial charge is 0.308 e. The summed E-state index contributed by atoms with van der Waals surface area (Å²) < 4.78 is 26.8. The molecule has 146 valence electrons. The van der Waals surface area contributed by atoms with Crippen LogP contribution in [0.15, 0.2) is 17.6 Å². The van der Waals surface area contributed by atoms with E-state index in [0.29, 0.717) is 0 Å². The third-order valence-corrected chi connectivity index (χ3v) is 6.93. The molecule has 0 saturated carbocycles. The molecule has 0 aromatic heterocycles. The quantitative estimate of drug-likeness (QED) is 0.739. The zero-order valence-electron chi connectivity index (χ0n) is 15.7. The monoisotopic (exact) mass is 389 g/mol. The van der Waals surface area contributed by atoms with Crippen LogP contribution in [0, 0.1) is 0 Å². The summed E-state index contributed by atoms with van der Waals surface area (Å²) in [4.78, 5) is 12.5. The average Bonchev–Trinajstić information content (AvgIpc) is 3.33. The molecule has 0 bridgehead atoms. The second-order valence-corrected chi connectivity index (χ2v) is 9.65. The minimum Gasteiger partial charge on any atom is -0.308 e. The maximum Gasteiger partial charge on any atom is 0.333 e. The van der Waals surface area contributed by atoms with E-state index in [4.69, 9.17) is 0 Å². The van der Waals surface area contributed by atoms with Gasteiger partial charge in [-0.05, 0) is 87.1 Å². The van der Waals surface area contributed by atoms with Crippen LogP contribution in [0.5, 0.6) is 0 Å². The van der Waals surface area contributed by atoms with Crippen molar-refractivity contribution in [2.75, 3.05) is 11.9 Å². The van der Waals surface area contributed by atoms with Crippen molar-refractivity contribution in [3.8, 4) is 0 Å². The molecule has 1 atom stereocenters. The molecule has 27 heavy (non-hydrogen) atoms. The summed E-state index contributed by atoms with van der Waals surface area (Å²) in [6, 6.07) is 1.60. The Balaban J connectivity index is 1.50. The van der Waals surface area contributed by atoms with Crippen LogP contribution in [0.2, 0.25) is 0 Å². The Morgan fingerprint density at radius 3 is 2.37 bits per heavy atom. The Hall–Kier alpha value is -1.86. The van der Waals surface area contributed by atoms with Crippen LogP contribution in [-0.2, 0) is 35.7 Å². The number of carbonyl (C=O) groups excluding carboxylic acids is 1. The van der Waals surface area contributed by atoms with Crippen LogP contribution in [-0.4, -0.2) is 26.5 Å². The molecule has 2 amide bonds. The molecule has 3 N–H and O–H groups in total. The summed E-state index contributed by atoms with van der Waals surface area (Å²) >= 11 is 0. The van der Waals surface area contributed by atoms with E-state index in [0.717, 1.165) is 69.0 Å². The van der Waals surface area contributed by atoms with Crippen molar-refractivity contribution in [3.63, 3.8) is 0 Å². The number of rotatable bonds is 4. The van der Waals surface area contributed by atoms with Crippen LogP contribution in [0.4, 0.5) is 10.5 Å². The SMILES string of the molecule is C[C@]1(/C=C/S(=O)(=O)NC(=O)Nc2c3c(cc4c2CCC4)CCC3)CCCN1. The van der Waals surface area contributed by atoms with Crippen molar-refractivity contribution >= 4 is 21.7 Å². The fourth-order valence-corrected chi connectivity index (χ4v) is 5.43. The van der Waals surface area contributed by atoms with Crippen LogP contribution >= 0.6 is 0 Å². The summed E-state index contributed by atoms with van der Waals surface area (Å²) in [6.45, 7) is 2.84. The zero-order valence-corrected chi connectivity index (χ0v) is 16.5. The van der Waals surface area contributed by atoms with Gasteiger partial charge in [-0.2, -0.15) is 0 Å². The van der Waals surface area contributed by atoms with Gasteiger partial charge in [-0.3, -0.25) is 0 Å². The Bertz CT molecular complexity index is 867. The molecule has 0 unspecified atom stereocenters. The number of carbonyl (C=O) groups is 1. The van der Waals surface area contributed by atoms with Gasteiger partial charge in [0.2, 0.25) is 0 Å². The summed E-state index contributed by atoms with van der Waals surface area (Å²) in [5.41, 5.74) is 5.48. The molecule has 1 aromatic carbocycles. The van der Waals surface area contributed by atoms with Crippen LogP contribution in [0.25, 0.3) is 0 Å². The van der Waals surface area contributed by atoms with E-state index in [1.165, 1.54) is 22.3 Å². The molecule has 2 aliphatic carbocycles. The van der Waals surface area contributed by atoms with E-state index < -0.39 is 16.1 Å². The highest BCUT2D eigenvalue weighted by Crippen LogP contribution is 2.38. The van der Waals surface area contributed by atoms with Gasteiger partial charge in [0, 0.05) is 16.6 Å². The number of urea groups is 1. The van der Waals surface area contributed by atoms with Gasteiger partial charge in [0.15, 0.2) is 0 Å². The molecule has 1 saturated heterocycles. The standard InChI is InChI=1S/C20H27N3O3S/c1-20(9-4-11-21-20)10-12-27(25,26)23-19(24)22-18-16-7-2-5-14(16)13-15-6-3-8-17(15)18/h10,12-13,21H,2-9,11H2,1H3,(H2,22,23,24)/b12-10+/t20-/m1/s1. The van der Waals surface area contributed by atoms with E-state index in [1.54, 1.807) is 6.08 Å². The van der Waals surface area contributed by atoms with Crippen molar-refractivity contribution in [3.05, 3.63) is 39.8 Å². The van der Waals surface area contributed by atoms with E-state index in [9.17, 15) is 13.2 Å². The highest BCUT2D eigenvalue weighted by atomic mass is 32.2. The van der Waals surface area contributed by atoms with E-state index in [2.05, 4.69) is 21.4 Å². The molecular weight excluding hydrogens is 362 g/mol. The number of hydrogen-bond donors (Lipinski definition) is 3. The van der Waals surface area contributed by atoms with Gasteiger partial charge in [-0.15, -0.1) is 0 Å². The minimum atomic E-state index is -3.84. The lowest BCUT2D eigenvalue weighted by Crippen LogP contribution is -2.36. The average molecular weight is 390 g/mol. The molecule has 6 nitrogen and oxygen atoms in total. The van der Waals surface area contributed by atoms with Crippen LogP contribution < -0.4 is 15.4 Å². The van der Waals surface area contributed by atoms with Gasteiger partial charge in [0.25, 0.3) is 10.0 Å². The second-order valence-electron chi connectivity index (χ2n) is 8.09. The lowest BCUT2D eigenvalue weighted by Gasteiger charge is -2.19. The third kappa shape index (κ3) is 3.89. The fraction of sp³-hybridized carbons (Fsp3) is 0.550. The predicted molar refractivity (Wildman–Crippen MR) is 106 cm³/mol. The number of aryl methyl sites for hydroxylation is 2. The maximum atomic E-state index is 12.5. The zero-order chi connectivity index (χ0) is 19.1. The first-order chi connectivity index (χ1) is 12.9. The van der Waals surface area contributed by atoms with E-state index in [-0.39, 0.29) is 5.54 Å². The lowest BCUT2D eigenvalue weighted by molar-refractivity contribution is 0.256. The van der Waals surface area contributed by atoms with E-state index >= 15 is 0 Å². The number of amides is 2. The molecule has 3 aliphatic rings. The topological polar surface area (TPSA) is 87.3 Å². The van der Waals surface area contributed by atoms with Crippen molar-refractivity contribution in [2.24, 2.45) is 0 Å². The molecule has 0 spiro atoms. The Kier molecular flexibility index (Phi) is 4.76.